The van der Waals surface area contributed by atoms with E-state index < -0.39 is 4.92 Å². The summed E-state index contributed by atoms with van der Waals surface area (Å²) in [6.07, 6.45) is 0. The van der Waals surface area contributed by atoms with E-state index in [1.807, 2.05) is 6.07 Å². The van der Waals surface area contributed by atoms with E-state index in [4.69, 9.17) is 16.9 Å². The van der Waals surface area contributed by atoms with Gasteiger partial charge in [-0.25, -0.2) is 0 Å². The number of nitrogens with zero attached hydrogens (tertiary/aromatic N) is 2. The molecule has 0 aliphatic rings. The molecule has 0 unspecified atom stereocenters. The molecule has 1 N–H and O–H groups in total. The maximum Gasteiger partial charge on any atom is 0.270 e. The summed E-state index contributed by atoms with van der Waals surface area (Å²) < 4.78 is 0.758. The number of hydrogen-bond acceptors (Lipinski definition) is 4. The monoisotopic (exact) mass is 351 g/mol. The molecule has 0 saturated carbocycles. The highest BCUT2D eigenvalue weighted by Crippen LogP contribution is 2.29. The molecule has 0 bridgehead atoms. The number of hydrogen-bond donors (Lipinski definition) is 1. The summed E-state index contributed by atoms with van der Waals surface area (Å²) in [4.78, 5) is 10.1. The quantitative estimate of drug-likeness (QED) is 0.645. The fourth-order valence-corrected chi connectivity index (χ4v) is 2.00. The van der Waals surface area contributed by atoms with Gasteiger partial charge in [-0.1, -0.05) is 11.6 Å². The van der Waals surface area contributed by atoms with Crippen molar-refractivity contribution in [3.05, 3.63) is 61.6 Å². The van der Waals surface area contributed by atoms with Crippen LogP contribution in [0.15, 0.2) is 40.9 Å². The second kappa shape index (κ2) is 5.90. The molecule has 0 atom stereocenters. The Kier molecular flexibility index (Phi) is 4.23. The molecule has 100 valence electrons. The van der Waals surface area contributed by atoms with Crippen LogP contribution < -0.4 is 5.32 Å². The Labute approximate surface area is 128 Å². The van der Waals surface area contributed by atoms with E-state index in [0.29, 0.717) is 16.4 Å². The van der Waals surface area contributed by atoms with Crippen molar-refractivity contribution in [2.24, 2.45) is 0 Å². The van der Waals surface area contributed by atoms with Crippen molar-refractivity contribution in [3.8, 4) is 6.07 Å². The van der Waals surface area contributed by atoms with Gasteiger partial charge in [0.05, 0.1) is 21.2 Å². The van der Waals surface area contributed by atoms with Crippen LogP contribution in [-0.2, 0) is 0 Å². The van der Waals surface area contributed by atoms with Crippen LogP contribution in [0.5, 0.6) is 0 Å². The Bertz CT molecular complexity index is 728. The number of nitrogens with one attached hydrogen (secondary N) is 1. The molecule has 0 heterocycles. The molecule has 20 heavy (non-hydrogen) atoms. The first kappa shape index (κ1) is 14.3. The first-order chi connectivity index (χ1) is 9.51. The summed E-state index contributed by atoms with van der Waals surface area (Å²) in [5, 5.41) is 23.3. The van der Waals surface area contributed by atoms with Crippen molar-refractivity contribution in [2.45, 2.75) is 0 Å². The van der Waals surface area contributed by atoms with Crippen LogP contribution in [0.1, 0.15) is 5.56 Å². The van der Waals surface area contributed by atoms with Crippen molar-refractivity contribution in [1.82, 2.24) is 0 Å². The molecule has 5 nitrogen and oxygen atoms in total. The highest BCUT2D eigenvalue weighted by atomic mass is 79.9. The summed E-state index contributed by atoms with van der Waals surface area (Å²) >= 11 is 9.26. The maximum absolute atomic E-state index is 10.7. The van der Waals surface area contributed by atoms with Crippen molar-refractivity contribution in [3.63, 3.8) is 0 Å². The van der Waals surface area contributed by atoms with Gasteiger partial charge < -0.3 is 5.32 Å². The average Bonchev–Trinajstić information content (AvgIpc) is 2.43. The number of halogens is 2. The van der Waals surface area contributed by atoms with Gasteiger partial charge >= 0.3 is 0 Å². The average molecular weight is 353 g/mol. The number of nitriles is 1. The van der Waals surface area contributed by atoms with Crippen molar-refractivity contribution in [1.29, 1.82) is 5.26 Å². The van der Waals surface area contributed by atoms with Crippen molar-refractivity contribution >= 4 is 44.6 Å². The number of anilines is 2. The standard InChI is InChI=1S/C13H7BrClN3O2/c14-11-3-1-9(6-12(11)15)17-13-4-2-10(18(19)20)5-8(13)7-16/h1-6,17H. The molecule has 2 aromatic carbocycles. The van der Waals surface area contributed by atoms with E-state index in [2.05, 4.69) is 21.2 Å². The first-order valence-corrected chi connectivity index (χ1v) is 6.59. The normalized spacial score (nSPS) is 9.85. The summed E-state index contributed by atoms with van der Waals surface area (Å²) in [5.41, 5.74) is 1.24. The molecule has 0 aliphatic heterocycles. The van der Waals surface area contributed by atoms with Crippen LogP contribution in [0.3, 0.4) is 0 Å². The van der Waals surface area contributed by atoms with Crippen LogP contribution in [0.4, 0.5) is 17.1 Å². The lowest BCUT2D eigenvalue weighted by Crippen LogP contribution is -1.96. The molecule has 0 spiro atoms. The minimum atomic E-state index is -0.541. The fourth-order valence-electron chi connectivity index (χ4n) is 1.58. The fraction of sp³-hybridized carbons (Fsp3) is 0. The number of nitro groups is 1. The molecule has 2 rings (SSSR count). The van der Waals surface area contributed by atoms with Gasteiger partial charge in [0.15, 0.2) is 0 Å². The molecule has 2 aromatic rings. The minimum Gasteiger partial charge on any atom is -0.354 e. The van der Waals surface area contributed by atoms with Crippen LogP contribution in [0.2, 0.25) is 5.02 Å². The topological polar surface area (TPSA) is 79.0 Å². The van der Waals surface area contributed by atoms with Gasteiger partial charge in [-0.05, 0) is 40.2 Å². The van der Waals surface area contributed by atoms with Crippen molar-refractivity contribution in [2.75, 3.05) is 5.32 Å². The molecule has 0 aromatic heterocycles. The predicted octanol–water partition coefficient (Wildman–Crippen LogP) is 4.63. The molecule has 0 fully saturated rings. The molecular formula is C13H7BrClN3O2. The lowest BCUT2D eigenvalue weighted by Gasteiger charge is -2.09. The van der Waals surface area contributed by atoms with Crippen LogP contribution in [-0.4, -0.2) is 4.92 Å². The zero-order valence-electron chi connectivity index (χ0n) is 9.93. The van der Waals surface area contributed by atoms with Gasteiger partial charge in [0.2, 0.25) is 0 Å². The summed E-state index contributed by atoms with van der Waals surface area (Å²) in [5.74, 6) is 0. The minimum absolute atomic E-state index is 0.124. The third kappa shape index (κ3) is 3.07. The van der Waals surface area contributed by atoms with Gasteiger partial charge in [-0.2, -0.15) is 5.26 Å². The van der Waals surface area contributed by atoms with Gasteiger partial charge in [-0.15, -0.1) is 0 Å². The predicted molar refractivity (Wildman–Crippen MR) is 80.2 cm³/mol. The molecule has 7 heteroatoms. The number of benzene rings is 2. The molecule has 0 amide bonds. The van der Waals surface area contributed by atoms with Gasteiger partial charge in [0.1, 0.15) is 6.07 Å². The molecule has 0 saturated heterocycles. The summed E-state index contributed by atoms with van der Waals surface area (Å²) in [6, 6.07) is 11.2. The Morgan fingerprint density at radius 1 is 1.30 bits per heavy atom. The third-order valence-electron chi connectivity index (χ3n) is 2.53. The zero-order valence-corrected chi connectivity index (χ0v) is 12.3. The van der Waals surface area contributed by atoms with Gasteiger partial charge in [0, 0.05) is 22.3 Å². The van der Waals surface area contributed by atoms with Crippen LogP contribution >= 0.6 is 27.5 Å². The Balaban J connectivity index is 2.36. The molecular weight excluding hydrogens is 346 g/mol. The summed E-state index contributed by atoms with van der Waals surface area (Å²) in [7, 11) is 0. The smallest absolute Gasteiger partial charge is 0.270 e. The van der Waals surface area contributed by atoms with E-state index in [-0.39, 0.29) is 11.3 Å². The Hall–Kier alpha value is -2.10. The largest absolute Gasteiger partial charge is 0.354 e. The van der Waals surface area contributed by atoms with E-state index in [0.717, 1.165) is 4.47 Å². The number of rotatable bonds is 3. The maximum atomic E-state index is 10.7. The second-order valence-corrected chi connectivity index (χ2v) is 5.11. The molecule has 0 aliphatic carbocycles. The highest BCUT2D eigenvalue weighted by Gasteiger charge is 2.11. The van der Waals surface area contributed by atoms with Crippen LogP contribution in [0.25, 0.3) is 0 Å². The Morgan fingerprint density at radius 2 is 2.05 bits per heavy atom. The van der Waals surface area contributed by atoms with Crippen molar-refractivity contribution < 1.29 is 4.92 Å². The summed E-state index contributed by atoms with van der Waals surface area (Å²) in [6.45, 7) is 0. The van der Waals surface area contributed by atoms with Gasteiger partial charge in [-0.3, -0.25) is 10.1 Å². The van der Waals surface area contributed by atoms with E-state index in [1.165, 1.54) is 18.2 Å². The zero-order chi connectivity index (χ0) is 14.7. The highest BCUT2D eigenvalue weighted by molar-refractivity contribution is 9.10. The number of non-ortho nitro benzene ring substituents is 1. The lowest BCUT2D eigenvalue weighted by atomic mass is 10.1. The second-order valence-electron chi connectivity index (χ2n) is 3.85. The van der Waals surface area contributed by atoms with Gasteiger partial charge in [0.25, 0.3) is 5.69 Å². The van der Waals surface area contributed by atoms with E-state index in [9.17, 15) is 10.1 Å². The third-order valence-corrected chi connectivity index (χ3v) is 3.77. The van der Waals surface area contributed by atoms with Crippen LogP contribution in [0, 0.1) is 21.4 Å². The molecule has 0 radical (unpaired) electrons. The first-order valence-electron chi connectivity index (χ1n) is 5.42. The lowest BCUT2D eigenvalue weighted by molar-refractivity contribution is -0.384. The number of nitro benzene ring substituents is 1. The SMILES string of the molecule is N#Cc1cc([N+](=O)[O-])ccc1Nc1ccc(Br)c(Cl)c1. The Morgan fingerprint density at radius 3 is 2.65 bits per heavy atom. The van der Waals surface area contributed by atoms with E-state index >= 15 is 0 Å². The van der Waals surface area contributed by atoms with E-state index in [1.54, 1.807) is 18.2 Å².